The second-order valence-electron chi connectivity index (χ2n) is 20.0. The van der Waals surface area contributed by atoms with Crippen molar-refractivity contribution in [3.05, 3.63) is 254 Å². The van der Waals surface area contributed by atoms with E-state index in [0.717, 1.165) is 144 Å². The summed E-state index contributed by atoms with van der Waals surface area (Å²) in [6, 6.07) is 88.5. The Balaban J connectivity index is 0.941. The van der Waals surface area contributed by atoms with Gasteiger partial charge < -0.3 is 28.3 Å². The number of hydrogen-bond acceptors (Lipinski definition) is 6. The van der Waals surface area contributed by atoms with Gasteiger partial charge in [0.2, 0.25) is 0 Å². The molecule has 16 rings (SSSR count). The Hall–Kier alpha value is -9.98. The standard InChI is InChI=1S/C69H44BN3O3/c1-43-21-14-19-34-56(43)73-57-35-20-36-61-69(57)70(54-39-62-52(37-60(54)73)67-50-32-17-15-30-48(50)58(41-65(67)75-62)71(44-22-6-2-7-23-44)45-24-8-3-9-25-45)55-40-63-53(38-64(55)74-61)68-51-33-18-16-31-49(51)59(42-66(68)76-63)72(46-26-10-4-11-27-46)47-28-12-5-13-29-47/h2-42H,1H3. The number of rotatable bonds is 7. The summed E-state index contributed by atoms with van der Waals surface area (Å²) in [7, 11) is 0. The van der Waals surface area contributed by atoms with Crippen LogP contribution in [0.4, 0.5) is 51.2 Å². The number of fused-ring (bicyclic) bond motifs is 14. The molecule has 0 unspecified atom stereocenters. The summed E-state index contributed by atoms with van der Waals surface area (Å²) in [6.07, 6.45) is 0. The van der Waals surface area contributed by atoms with Crippen molar-refractivity contribution < 1.29 is 13.6 Å². The van der Waals surface area contributed by atoms with Gasteiger partial charge in [0.1, 0.15) is 33.8 Å². The van der Waals surface area contributed by atoms with Crippen molar-refractivity contribution in [2.24, 2.45) is 0 Å². The van der Waals surface area contributed by atoms with Gasteiger partial charge >= 0.3 is 0 Å². The first kappa shape index (κ1) is 42.5. The molecule has 0 bridgehead atoms. The molecule has 7 heteroatoms. The van der Waals surface area contributed by atoms with Crippen LogP contribution in [0, 0.1) is 6.92 Å². The largest absolute Gasteiger partial charge is 0.458 e. The van der Waals surface area contributed by atoms with Crippen LogP contribution in [-0.2, 0) is 0 Å². The van der Waals surface area contributed by atoms with E-state index < -0.39 is 0 Å². The molecular weight excluding hydrogens is 930 g/mol. The molecule has 0 atom stereocenters. The highest BCUT2D eigenvalue weighted by Gasteiger charge is 2.43. The Morgan fingerprint density at radius 1 is 0.342 bits per heavy atom. The van der Waals surface area contributed by atoms with Gasteiger partial charge in [0.15, 0.2) is 0 Å². The smallest absolute Gasteiger partial charge is 0.256 e. The average Bonchev–Trinajstić information content (AvgIpc) is 4.12. The maximum atomic E-state index is 7.22. The van der Waals surface area contributed by atoms with Gasteiger partial charge in [-0.25, -0.2) is 0 Å². The third-order valence-electron chi connectivity index (χ3n) is 15.7. The van der Waals surface area contributed by atoms with E-state index in [1.807, 2.05) is 0 Å². The minimum absolute atomic E-state index is 0.210. The van der Waals surface area contributed by atoms with E-state index >= 15 is 0 Å². The first-order chi connectivity index (χ1) is 37.6. The number of hydrogen-bond donors (Lipinski definition) is 0. The fraction of sp³-hybridized carbons (Fsp3) is 0.0145. The molecule has 0 N–H and O–H groups in total. The van der Waals surface area contributed by atoms with Gasteiger partial charge in [-0.15, -0.1) is 0 Å². The number of furan rings is 2. The molecule has 0 spiro atoms. The normalized spacial score (nSPS) is 12.6. The highest BCUT2D eigenvalue weighted by atomic mass is 16.5. The van der Waals surface area contributed by atoms with Crippen LogP contribution < -0.4 is 35.8 Å². The molecule has 2 aromatic heterocycles. The van der Waals surface area contributed by atoms with E-state index in [1.54, 1.807) is 0 Å². The molecular formula is C69H44BN3O3. The molecule has 6 nitrogen and oxygen atoms in total. The van der Waals surface area contributed by atoms with Crippen molar-refractivity contribution in [2.75, 3.05) is 14.7 Å². The van der Waals surface area contributed by atoms with Crippen molar-refractivity contribution in [3.63, 3.8) is 0 Å². The van der Waals surface area contributed by atoms with E-state index in [1.165, 1.54) is 5.56 Å². The molecule has 0 saturated carbocycles. The molecule has 0 saturated heterocycles. The number of benzene rings is 12. The molecule has 76 heavy (non-hydrogen) atoms. The lowest BCUT2D eigenvalue weighted by molar-refractivity contribution is 0.488. The monoisotopic (exact) mass is 973 g/mol. The lowest BCUT2D eigenvalue weighted by atomic mass is 9.34. The maximum Gasteiger partial charge on any atom is 0.256 e. The van der Waals surface area contributed by atoms with Gasteiger partial charge in [-0.3, -0.25) is 0 Å². The molecule has 0 radical (unpaired) electrons. The third-order valence-corrected chi connectivity index (χ3v) is 15.7. The SMILES string of the molecule is Cc1ccccc1N1c2cc3c(cc2B2c4cc5oc6cc(N(c7ccccc7)c7ccccc7)c7ccccc7c6c5cc4Oc4cccc1c42)oc1cc(N(c2ccccc2)c2ccccc2)c2ccccc2c13. The summed E-state index contributed by atoms with van der Waals surface area (Å²) >= 11 is 0. The van der Waals surface area contributed by atoms with Crippen molar-refractivity contribution in [1.82, 2.24) is 0 Å². The van der Waals surface area contributed by atoms with Gasteiger partial charge in [-0.2, -0.15) is 0 Å². The zero-order chi connectivity index (χ0) is 50.0. The van der Waals surface area contributed by atoms with Gasteiger partial charge in [-0.05, 0) is 131 Å². The van der Waals surface area contributed by atoms with Crippen LogP contribution in [0.5, 0.6) is 11.5 Å². The van der Waals surface area contributed by atoms with Gasteiger partial charge in [-0.1, -0.05) is 146 Å². The Morgan fingerprint density at radius 3 is 1.32 bits per heavy atom. The van der Waals surface area contributed by atoms with Crippen LogP contribution >= 0.6 is 0 Å². The average molecular weight is 974 g/mol. The second-order valence-corrected chi connectivity index (χ2v) is 20.0. The first-order valence-corrected chi connectivity index (χ1v) is 25.9. The van der Waals surface area contributed by atoms with Gasteiger partial charge in [0.05, 0.1) is 11.4 Å². The molecule has 2 aliphatic heterocycles. The number of aryl methyl sites for hydroxylation is 1. The van der Waals surface area contributed by atoms with E-state index in [4.69, 9.17) is 13.6 Å². The Kier molecular flexibility index (Phi) is 9.24. The summed E-state index contributed by atoms with van der Waals surface area (Å²) in [5.41, 5.74) is 17.4. The van der Waals surface area contributed by atoms with E-state index in [2.05, 4.69) is 270 Å². The maximum absolute atomic E-state index is 7.22. The van der Waals surface area contributed by atoms with Crippen LogP contribution in [0.15, 0.2) is 258 Å². The second kappa shape index (κ2) is 16.5. The molecule has 356 valence electrons. The quantitative estimate of drug-likeness (QED) is 0.148. The highest BCUT2D eigenvalue weighted by molar-refractivity contribution is 6.99. The fourth-order valence-electron chi connectivity index (χ4n) is 12.5. The van der Waals surface area contributed by atoms with Crippen LogP contribution in [0.2, 0.25) is 0 Å². The lowest BCUT2D eigenvalue weighted by Crippen LogP contribution is -2.59. The molecule has 14 aromatic rings. The van der Waals surface area contributed by atoms with E-state index in [0.29, 0.717) is 0 Å². The number of para-hydroxylation sites is 5. The summed E-state index contributed by atoms with van der Waals surface area (Å²) in [5.74, 6) is 1.65. The molecule has 0 amide bonds. The minimum atomic E-state index is -0.210. The Bertz CT molecular complexity index is 4570. The predicted octanol–water partition coefficient (Wildman–Crippen LogP) is 17.4. The molecule has 2 aliphatic rings. The van der Waals surface area contributed by atoms with Crippen LogP contribution in [0.1, 0.15) is 5.56 Å². The Labute approximate surface area is 438 Å². The van der Waals surface area contributed by atoms with Gasteiger partial charge in [0, 0.05) is 84.3 Å². The predicted molar refractivity (Wildman–Crippen MR) is 316 cm³/mol. The van der Waals surface area contributed by atoms with Crippen molar-refractivity contribution in [2.45, 2.75) is 6.92 Å². The topological polar surface area (TPSA) is 45.2 Å². The summed E-state index contributed by atoms with van der Waals surface area (Å²) in [4.78, 5) is 7.10. The Morgan fingerprint density at radius 2 is 0.789 bits per heavy atom. The minimum Gasteiger partial charge on any atom is -0.458 e. The molecule has 0 fully saturated rings. The number of anilines is 9. The summed E-state index contributed by atoms with van der Waals surface area (Å²) in [5, 5.41) is 8.71. The van der Waals surface area contributed by atoms with Crippen molar-refractivity contribution >= 4 is 140 Å². The zero-order valence-electron chi connectivity index (χ0n) is 41.3. The summed E-state index contributed by atoms with van der Waals surface area (Å²) < 4.78 is 21.5. The van der Waals surface area contributed by atoms with E-state index in [9.17, 15) is 0 Å². The van der Waals surface area contributed by atoms with Gasteiger partial charge in [0.25, 0.3) is 6.71 Å². The summed E-state index contributed by atoms with van der Waals surface area (Å²) in [6.45, 7) is 1.99. The number of ether oxygens (including phenoxy) is 1. The third kappa shape index (κ3) is 6.29. The van der Waals surface area contributed by atoms with Crippen LogP contribution in [0.25, 0.3) is 65.4 Å². The van der Waals surface area contributed by atoms with Crippen LogP contribution in [0.3, 0.4) is 0 Å². The molecule has 4 heterocycles. The highest BCUT2D eigenvalue weighted by Crippen LogP contribution is 2.50. The van der Waals surface area contributed by atoms with Crippen molar-refractivity contribution in [3.8, 4) is 11.5 Å². The lowest BCUT2D eigenvalue weighted by Gasteiger charge is -2.40. The van der Waals surface area contributed by atoms with E-state index in [-0.39, 0.29) is 6.71 Å². The first-order valence-electron chi connectivity index (χ1n) is 25.9. The molecule has 12 aromatic carbocycles. The molecule has 0 aliphatic carbocycles. The van der Waals surface area contributed by atoms with Crippen molar-refractivity contribution in [1.29, 1.82) is 0 Å². The van der Waals surface area contributed by atoms with Crippen LogP contribution in [-0.4, -0.2) is 6.71 Å². The fourth-order valence-corrected chi connectivity index (χ4v) is 12.5. The zero-order valence-corrected chi connectivity index (χ0v) is 41.3. The number of nitrogens with zero attached hydrogens (tertiary/aromatic N) is 3.